The molecule has 5 rings (SSSR count). The molecule has 35 heavy (non-hydrogen) atoms. The number of aromatic nitrogens is 3. The van der Waals surface area contributed by atoms with E-state index in [-0.39, 0.29) is 30.0 Å². The monoisotopic (exact) mass is 484 g/mol. The maximum absolute atomic E-state index is 12.8. The van der Waals surface area contributed by atoms with Crippen LogP contribution in [0.5, 0.6) is 0 Å². The molecule has 4 unspecified atom stereocenters. The van der Waals surface area contributed by atoms with Gasteiger partial charge in [-0.3, -0.25) is 4.79 Å². The average molecular weight is 485 g/mol. The number of fused-ring (bicyclic) bond motifs is 1. The molecule has 11 nitrogen and oxygen atoms in total. The number of aliphatic hydroxyl groups is 2. The third-order valence-electron chi connectivity index (χ3n) is 7.83. The van der Waals surface area contributed by atoms with Gasteiger partial charge in [-0.25, -0.2) is 9.50 Å². The number of anilines is 1. The van der Waals surface area contributed by atoms with Gasteiger partial charge in [0.1, 0.15) is 42.8 Å². The van der Waals surface area contributed by atoms with Gasteiger partial charge < -0.3 is 30.3 Å². The van der Waals surface area contributed by atoms with Crippen molar-refractivity contribution in [3.05, 3.63) is 24.2 Å². The van der Waals surface area contributed by atoms with Crippen molar-refractivity contribution in [3.8, 4) is 6.07 Å². The van der Waals surface area contributed by atoms with Crippen molar-refractivity contribution in [1.29, 1.82) is 5.26 Å². The number of carbonyl (C=O) groups excluding carboxylic acids is 1. The quantitative estimate of drug-likeness (QED) is 0.517. The van der Waals surface area contributed by atoms with E-state index in [1.54, 1.807) is 12.1 Å². The number of nitriles is 1. The number of hydrogen-bond donors (Lipinski definition) is 3. The van der Waals surface area contributed by atoms with Gasteiger partial charge in [-0.1, -0.05) is 19.3 Å². The summed E-state index contributed by atoms with van der Waals surface area (Å²) >= 11 is 0. The van der Waals surface area contributed by atoms with Crippen LogP contribution in [0.4, 0.5) is 5.82 Å². The van der Waals surface area contributed by atoms with Crippen LogP contribution in [0.15, 0.2) is 18.5 Å². The Hall–Kier alpha value is -2.78. The van der Waals surface area contributed by atoms with Gasteiger partial charge in [0.15, 0.2) is 5.82 Å². The van der Waals surface area contributed by atoms with Crippen LogP contribution in [0.2, 0.25) is 0 Å². The number of rotatable bonds is 5. The van der Waals surface area contributed by atoms with Crippen LogP contribution in [0.1, 0.15) is 50.6 Å². The summed E-state index contributed by atoms with van der Waals surface area (Å²) in [6.45, 7) is 1.51. The van der Waals surface area contributed by atoms with E-state index in [2.05, 4.69) is 15.0 Å². The maximum atomic E-state index is 12.8. The van der Waals surface area contributed by atoms with Crippen LogP contribution >= 0.6 is 0 Å². The SMILES string of the molecule is N#CC1(c2ccc3c(N)ncnn23)OC(COC(=O)C2CCN(C3CCCCC3)CC2)C(O)C1O. The first kappa shape index (κ1) is 23.9. The molecular formula is C24H32N6O5. The van der Waals surface area contributed by atoms with Crippen molar-refractivity contribution in [3.63, 3.8) is 0 Å². The molecule has 188 valence electrons. The fourth-order valence-electron chi connectivity index (χ4n) is 5.78. The lowest BCUT2D eigenvalue weighted by Crippen LogP contribution is -2.44. The average Bonchev–Trinajstić information content (AvgIpc) is 3.44. The molecule has 11 heteroatoms. The molecule has 4 heterocycles. The van der Waals surface area contributed by atoms with Gasteiger partial charge in [0.05, 0.1) is 11.6 Å². The molecule has 2 saturated heterocycles. The number of nitrogen functional groups attached to an aromatic ring is 1. The number of piperidine rings is 1. The lowest BCUT2D eigenvalue weighted by Gasteiger charge is -2.38. The molecule has 1 saturated carbocycles. The van der Waals surface area contributed by atoms with Crippen LogP contribution in [0, 0.1) is 17.2 Å². The Morgan fingerprint density at radius 2 is 1.97 bits per heavy atom. The second kappa shape index (κ2) is 9.70. The van der Waals surface area contributed by atoms with E-state index in [0.717, 1.165) is 25.9 Å². The first-order valence-corrected chi connectivity index (χ1v) is 12.4. The molecule has 2 aliphatic heterocycles. The smallest absolute Gasteiger partial charge is 0.309 e. The van der Waals surface area contributed by atoms with E-state index in [0.29, 0.717) is 11.6 Å². The second-order valence-electron chi connectivity index (χ2n) is 9.83. The number of esters is 1. The number of nitrogens with two attached hydrogens (primary N) is 1. The normalized spacial score (nSPS) is 30.9. The van der Waals surface area contributed by atoms with Crippen LogP contribution in [-0.2, 0) is 19.9 Å². The Balaban J connectivity index is 1.22. The zero-order valence-corrected chi connectivity index (χ0v) is 19.6. The van der Waals surface area contributed by atoms with E-state index in [1.807, 2.05) is 6.07 Å². The van der Waals surface area contributed by atoms with Crippen LogP contribution in [0.3, 0.4) is 0 Å². The van der Waals surface area contributed by atoms with Gasteiger partial charge in [0.25, 0.3) is 0 Å². The van der Waals surface area contributed by atoms with E-state index < -0.39 is 23.9 Å². The van der Waals surface area contributed by atoms with Crippen molar-refractivity contribution in [2.24, 2.45) is 5.92 Å². The first-order chi connectivity index (χ1) is 16.9. The zero-order chi connectivity index (χ0) is 24.6. The van der Waals surface area contributed by atoms with Crippen molar-refractivity contribution in [2.75, 3.05) is 25.4 Å². The molecule has 2 aromatic heterocycles. The largest absolute Gasteiger partial charge is 0.463 e. The van der Waals surface area contributed by atoms with Gasteiger partial charge in [-0.2, -0.15) is 10.4 Å². The van der Waals surface area contributed by atoms with Crippen molar-refractivity contribution < 1.29 is 24.5 Å². The molecule has 4 atom stereocenters. The molecule has 0 radical (unpaired) electrons. The van der Waals surface area contributed by atoms with Crippen LogP contribution < -0.4 is 5.73 Å². The Kier molecular flexibility index (Phi) is 6.63. The minimum Gasteiger partial charge on any atom is -0.463 e. The lowest BCUT2D eigenvalue weighted by molar-refractivity contribution is -0.157. The lowest BCUT2D eigenvalue weighted by atomic mass is 9.90. The predicted molar refractivity (Wildman–Crippen MR) is 124 cm³/mol. The van der Waals surface area contributed by atoms with Gasteiger partial charge in [-0.05, 0) is 50.9 Å². The predicted octanol–water partition coefficient (Wildman–Crippen LogP) is 0.739. The van der Waals surface area contributed by atoms with E-state index in [1.165, 1.54) is 42.9 Å². The van der Waals surface area contributed by atoms with E-state index >= 15 is 0 Å². The number of hydrogen-bond acceptors (Lipinski definition) is 10. The Morgan fingerprint density at radius 1 is 1.23 bits per heavy atom. The van der Waals surface area contributed by atoms with Gasteiger partial charge in [-0.15, -0.1) is 0 Å². The fourth-order valence-corrected chi connectivity index (χ4v) is 5.78. The minimum absolute atomic E-state index is 0.201. The topological polar surface area (TPSA) is 159 Å². The highest BCUT2D eigenvalue weighted by Gasteiger charge is 2.58. The summed E-state index contributed by atoms with van der Waals surface area (Å²) in [5.41, 5.74) is 4.62. The highest BCUT2D eigenvalue weighted by Crippen LogP contribution is 2.40. The molecular weight excluding hydrogens is 452 g/mol. The molecule has 0 bridgehead atoms. The highest BCUT2D eigenvalue weighted by molar-refractivity contribution is 5.72. The van der Waals surface area contributed by atoms with Crippen molar-refractivity contribution in [1.82, 2.24) is 19.5 Å². The minimum atomic E-state index is -1.91. The number of ether oxygens (including phenoxy) is 2. The summed E-state index contributed by atoms with van der Waals surface area (Å²) in [5.74, 6) is -0.331. The molecule has 3 aliphatic rings. The van der Waals surface area contributed by atoms with Gasteiger partial charge >= 0.3 is 5.97 Å². The van der Waals surface area contributed by atoms with Crippen LogP contribution in [0.25, 0.3) is 5.52 Å². The summed E-state index contributed by atoms with van der Waals surface area (Å²) in [7, 11) is 0. The third-order valence-corrected chi connectivity index (χ3v) is 7.83. The Morgan fingerprint density at radius 3 is 2.69 bits per heavy atom. The number of aliphatic hydroxyl groups excluding tert-OH is 2. The standard InChI is InChI=1S/C24H32N6O5/c25-13-24(19-7-6-17-22(26)27-14-28-30(17)19)21(32)20(31)18(35-24)12-34-23(33)15-8-10-29(11-9-15)16-4-2-1-3-5-16/h6-7,14-16,18,20-21,31-32H,1-5,8-12H2,(H2,26,27,28). The molecule has 3 fully saturated rings. The van der Waals surface area contributed by atoms with E-state index in [4.69, 9.17) is 15.2 Å². The molecule has 0 spiro atoms. The number of nitrogens with zero attached hydrogens (tertiary/aromatic N) is 5. The highest BCUT2D eigenvalue weighted by atomic mass is 16.6. The van der Waals surface area contributed by atoms with Gasteiger partial charge in [0.2, 0.25) is 5.60 Å². The van der Waals surface area contributed by atoms with Gasteiger partial charge in [0, 0.05) is 6.04 Å². The number of likely N-dealkylation sites (tertiary alicyclic amines) is 1. The Labute approximate surface area is 203 Å². The summed E-state index contributed by atoms with van der Waals surface area (Å²) in [6.07, 6.45) is 5.00. The third kappa shape index (κ3) is 4.25. The first-order valence-electron chi connectivity index (χ1n) is 12.4. The maximum Gasteiger partial charge on any atom is 0.309 e. The summed E-state index contributed by atoms with van der Waals surface area (Å²) in [6, 6.07) is 5.78. The molecule has 2 aromatic rings. The number of carbonyl (C=O) groups is 1. The van der Waals surface area contributed by atoms with Crippen molar-refractivity contribution in [2.45, 2.75) is 74.9 Å². The molecule has 0 amide bonds. The summed E-state index contributed by atoms with van der Waals surface area (Å²) < 4.78 is 12.7. The zero-order valence-electron chi connectivity index (χ0n) is 19.6. The Bertz CT molecular complexity index is 1100. The fraction of sp³-hybridized carbons (Fsp3) is 0.667. The molecule has 0 aromatic carbocycles. The second-order valence-corrected chi connectivity index (χ2v) is 9.83. The molecule has 4 N–H and O–H groups in total. The summed E-state index contributed by atoms with van der Waals surface area (Å²) in [4.78, 5) is 19.2. The molecule has 1 aliphatic carbocycles. The van der Waals surface area contributed by atoms with E-state index in [9.17, 15) is 20.3 Å². The van der Waals surface area contributed by atoms with Crippen molar-refractivity contribution >= 4 is 17.3 Å². The van der Waals surface area contributed by atoms with Crippen LogP contribution in [-0.4, -0.2) is 79.7 Å². The summed E-state index contributed by atoms with van der Waals surface area (Å²) in [5, 5.41) is 35.6.